The topological polar surface area (TPSA) is 68.2 Å². The molecule has 1 aliphatic heterocycles. The van der Waals surface area contributed by atoms with Gasteiger partial charge in [-0.1, -0.05) is 12.1 Å². The first-order valence-corrected chi connectivity index (χ1v) is 8.98. The highest BCUT2D eigenvalue weighted by Gasteiger charge is 2.29. The molecule has 0 aliphatic carbocycles. The number of hydrogen-bond acceptors (Lipinski definition) is 6. The number of ether oxygens (including phenoxy) is 2. The minimum Gasteiger partial charge on any atom is -0.482 e. The molecule has 1 amide bonds. The molecular weight excluding hydrogens is 352 g/mol. The standard InChI is InChI=1S/C19H22N2O4S/c1-5-7-14-10-13(8-9-15(14)25-12-17(22)24-6-2)11-16-18(23)21(4)19(20-3)26-16/h5,8-11H,1,6-7,12H2,2-4H3/b16-11-,20-19?. The van der Waals surface area contributed by atoms with Crippen LogP contribution < -0.4 is 4.74 Å². The summed E-state index contributed by atoms with van der Waals surface area (Å²) in [5.41, 5.74) is 1.75. The molecule has 1 aromatic rings. The van der Waals surface area contributed by atoms with Crippen molar-refractivity contribution in [2.75, 3.05) is 27.3 Å². The highest BCUT2D eigenvalue weighted by molar-refractivity contribution is 8.18. The van der Waals surface area contributed by atoms with Gasteiger partial charge in [0.2, 0.25) is 0 Å². The number of carbonyl (C=O) groups excluding carboxylic acids is 2. The molecule has 6 nitrogen and oxygen atoms in total. The van der Waals surface area contributed by atoms with E-state index in [1.165, 1.54) is 16.7 Å². The number of carbonyl (C=O) groups is 2. The van der Waals surface area contributed by atoms with Crippen LogP contribution in [0.1, 0.15) is 18.1 Å². The third-order valence-electron chi connectivity index (χ3n) is 3.59. The van der Waals surface area contributed by atoms with Crippen LogP contribution in [0.15, 0.2) is 40.8 Å². The van der Waals surface area contributed by atoms with Crippen molar-refractivity contribution in [1.29, 1.82) is 0 Å². The molecule has 1 fully saturated rings. The minimum atomic E-state index is -0.411. The molecule has 0 spiro atoms. The number of allylic oxidation sites excluding steroid dienone is 1. The number of amidine groups is 1. The van der Waals surface area contributed by atoms with Gasteiger partial charge < -0.3 is 9.47 Å². The fourth-order valence-electron chi connectivity index (χ4n) is 2.39. The molecule has 1 aromatic carbocycles. The van der Waals surface area contributed by atoms with E-state index in [4.69, 9.17) is 9.47 Å². The van der Waals surface area contributed by atoms with Crippen molar-refractivity contribution in [2.24, 2.45) is 4.99 Å². The summed E-state index contributed by atoms with van der Waals surface area (Å²) in [6.45, 7) is 5.67. The molecule has 0 unspecified atom stereocenters. The normalized spacial score (nSPS) is 17.0. The van der Waals surface area contributed by atoms with E-state index in [2.05, 4.69) is 11.6 Å². The monoisotopic (exact) mass is 374 g/mol. The fraction of sp³-hybridized carbons (Fsp3) is 0.316. The Morgan fingerprint density at radius 1 is 1.42 bits per heavy atom. The number of esters is 1. The summed E-state index contributed by atoms with van der Waals surface area (Å²) in [6, 6.07) is 5.55. The Bertz CT molecular complexity index is 771. The number of benzene rings is 1. The summed E-state index contributed by atoms with van der Waals surface area (Å²) in [4.78, 5) is 30.0. The molecule has 0 saturated carbocycles. The molecule has 0 N–H and O–H groups in total. The van der Waals surface area contributed by atoms with Crippen molar-refractivity contribution < 1.29 is 19.1 Å². The van der Waals surface area contributed by atoms with Crippen molar-refractivity contribution in [2.45, 2.75) is 13.3 Å². The van der Waals surface area contributed by atoms with Gasteiger partial charge in [-0.15, -0.1) is 6.58 Å². The van der Waals surface area contributed by atoms with Crippen LogP contribution in [0, 0.1) is 0 Å². The van der Waals surface area contributed by atoms with E-state index in [0.29, 0.717) is 28.9 Å². The number of aliphatic imine (C=N–C) groups is 1. The van der Waals surface area contributed by atoms with E-state index in [1.54, 1.807) is 33.2 Å². The van der Waals surface area contributed by atoms with Crippen LogP contribution in [0.2, 0.25) is 0 Å². The van der Waals surface area contributed by atoms with Gasteiger partial charge >= 0.3 is 5.97 Å². The van der Waals surface area contributed by atoms with E-state index < -0.39 is 5.97 Å². The van der Waals surface area contributed by atoms with E-state index >= 15 is 0 Å². The molecule has 2 rings (SSSR count). The third-order valence-corrected chi connectivity index (χ3v) is 4.74. The van der Waals surface area contributed by atoms with Gasteiger partial charge in [0.15, 0.2) is 11.8 Å². The molecule has 7 heteroatoms. The van der Waals surface area contributed by atoms with E-state index in [0.717, 1.165) is 11.1 Å². The Labute approximate surface area is 157 Å². The van der Waals surface area contributed by atoms with E-state index in [-0.39, 0.29) is 12.5 Å². The highest BCUT2D eigenvalue weighted by Crippen LogP contribution is 2.32. The zero-order chi connectivity index (χ0) is 19.1. The van der Waals surface area contributed by atoms with Crippen molar-refractivity contribution in [1.82, 2.24) is 4.90 Å². The summed E-state index contributed by atoms with van der Waals surface area (Å²) in [5.74, 6) is 0.104. The maximum Gasteiger partial charge on any atom is 0.344 e. The SMILES string of the molecule is C=CCc1cc(/C=C2\SC(=NC)N(C)C2=O)ccc1OCC(=O)OCC. The molecule has 1 heterocycles. The lowest BCUT2D eigenvalue weighted by Gasteiger charge is -2.11. The summed E-state index contributed by atoms with van der Waals surface area (Å²) < 4.78 is 10.4. The Hall–Kier alpha value is -2.54. The van der Waals surface area contributed by atoms with Crippen LogP contribution in [0.4, 0.5) is 0 Å². The summed E-state index contributed by atoms with van der Waals surface area (Å²) in [7, 11) is 3.36. The van der Waals surface area contributed by atoms with Crippen molar-refractivity contribution >= 4 is 34.9 Å². The van der Waals surface area contributed by atoms with Crippen LogP contribution in [0.25, 0.3) is 6.08 Å². The zero-order valence-corrected chi connectivity index (χ0v) is 16.0. The van der Waals surface area contributed by atoms with E-state index in [9.17, 15) is 9.59 Å². The van der Waals surface area contributed by atoms with Crippen LogP contribution in [0.3, 0.4) is 0 Å². The number of amides is 1. The average Bonchev–Trinajstić information content (AvgIpc) is 2.89. The number of hydrogen-bond donors (Lipinski definition) is 0. The first kappa shape index (κ1) is 19.8. The largest absolute Gasteiger partial charge is 0.482 e. The summed E-state index contributed by atoms with van der Waals surface area (Å²) >= 11 is 1.34. The maximum atomic E-state index is 12.3. The predicted octanol–water partition coefficient (Wildman–Crippen LogP) is 2.89. The Morgan fingerprint density at radius 2 is 2.19 bits per heavy atom. The molecule has 1 saturated heterocycles. The second-order valence-corrected chi connectivity index (χ2v) is 6.44. The van der Waals surface area contributed by atoms with Crippen LogP contribution in [0.5, 0.6) is 5.75 Å². The lowest BCUT2D eigenvalue weighted by molar-refractivity contribution is -0.145. The Balaban J connectivity index is 2.22. The summed E-state index contributed by atoms with van der Waals surface area (Å²) in [5, 5.41) is 0.668. The first-order chi connectivity index (χ1) is 12.5. The molecular formula is C19H22N2O4S. The van der Waals surface area contributed by atoms with Gasteiger partial charge in [0.25, 0.3) is 5.91 Å². The van der Waals surface area contributed by atoms with Gasteiger partial charge in [0, 0.05) is 14.1 Å². The maximum absolute atomic E-state index is 12.3. The lowest BCUT2D eigenvalue weighted by Crippen LogP contribution is -2.23. The second-order valence-electron chi connectivity index (χ2n) is 5.43. The molecule has 0 bridgehead atoms. The summed E-state index contributed by atoms with van der Waals surface area (Å²) in [6.07, 6.45) is 4.16. The quantitative estimate of drug-likeness (QED) is 0.417. The van der Waals surface area contributed by atoms with Crippen LogP contribution >= 0.6 is 11.8 Å². The Kier molecular flexibility index (Phi) is 7.03. The van der Waals surface area contributed by atoms with E-state index in [1.807, 2.05) is 18.2 Å². The van der Waals surface area contributed by atoms with Crippen molar-refractivity contribution in [3.63, 3.8) is 0 Å². The van der Waals surface area contributed by atoms with Crippen molar-refractivity contribution in [3.8, 4) is 5.75 Å². The second kappa shape index (κ2) is 9.24. The number of likely N-dealkylation sites (N-methyl/N-ethyl adjacent to an activating group) is 1. The van der Waals surface area contributed by atoms with Gasteiger partial charge in [-0.3, -0.25) is 14.7 Å². The van der Waals surface area contributed by atoms with Gasteiger partial charge in [0.05, 0.1) is 11.5 Å². The van der Waals surface area contributed by atoms with Gasteiger partial charge in [-0.05, 0) is 54.4 Å². The number of nitrogens with zero attached hydrogens (tertiary/aromatic N) is 2. The Morgan fingerprint density at radius 3 is 2.81 bits per heavy atom. The highest BCUT2D eigenvalue weighted by atomic mass is 32.2. The third kappa shape index (κ3) is 4.76. The van der Waals surface area contributed by atoms with Gasteiger partial charge in [0.1, 0.15) is 5.75 Å². The van der Waals surface area contributed by atoms with Crippen LogP contribution in [-0.2, 0) is 20.7 Å². The van der Waals surface area contributed by atoms with Gasteiger partial charge in [-0.25, -0.2) is 4.79 Å². The number of thioether (sulfide) groups is 1. The first-order valence-electron chi connectivity index (χ1n) is 8.16. The predicted molar refractivity (Wildman–Crippen MR) is 104 cm³/mol. The molecule has 138 valence electrons. The fourth-order valence-corrected chi connectivity index (χ4v) is 3.31. The molecule has 26 heavy (non-hydrogen) atoms. The van der Waals surface area contributed by atoms with Crippen LogP contribution in [-0.4, -0.2) is 49.3 Å². The van der Waals surface area contributed by atoms with Gasteiger partial charge in [-0.2, -0.15) is 0 Å². The molecule has 0 atom stereocenters. The smallest absolute Gasteiger partial charge is 0.344 e. The zero-order valence-electron chi connectivity index (χ0n) is 15.2. The average molecular weight is 374 g/mol. The van der Waals surface area contributed by atoms with Crippen molar-refractivity contribution in [3.05, 3.63) is 46.9 Å². The molecule has 1 aliphatic rings. The molecule has 0 radical (unpaired) electrons. The minimum absolute atomic E-state index is 0.0801. The molecule has 0 aromatic heterocycles. The lowest BCUT2D eigenvalue weighted by atomic mass is 10.1. The number of rotatable bonds is 7.